The molecule has 0 saturated heterocycles. The van der Waals surface area contributed by atoms with Crippen LogP contribution in [0.5, 0.6) is 5.75 Å². The van der Waals surface area contributed by atoms with E-state index in [0.717, 1.165) is 17.4 Å². The van der Waals surface area contributed by atoms with Crippen LogP contribution in [0.1, 0.15) is 19.4 Å². The van der Waals surface area contributed by atoms with Crippen molar-refractivity contribution in [2.24, 2.45) is 0 Å². The highest BCUT2D eigenvalue weighted by atomic mass is 32.2. The molecular weight excluding hydrogens is 370 g/mol. The van der Waals surface area contributed by atoms with Gasteiger partial charge in [-0.05, 0) is 43.7 Å². The third kappa shape index (κ3) is 5.18. The zero-order valence-corrected chi connectivity index (χ0v) is 16.5. The van der Waals surface area contributed by atoms with Crippen molar-refractivity contribution >= 4 is 21.4 Å². The van der Waals surface area contributed by atoms with Gasteiger partial charge in [-0.15, -0.1) is 0 Å². The van der Waals surface area contributed by atoms with E-state index in [1.807, 2.05) is 24.3 Å². The third-order valence-corrected chi connectivity index (χ3v) is 5.49. The van der Waals surface area contributed by atoms with E-state index in [9.17, 15) is 18.5 Å². The van der Waals surface area contributed by atoms with Crippen LogP contribution in [0.4, 0.5) is 11.4 Å². The van der Waals surface area contributed by atoms with Crippen molar-refractivity contribution in [3.63, 3.8) is 0 Å². The minimum Gasteiger partial charge on any atom is -0.497 e. The van der Waals surface area contributed by atoms with E-state index in [4.69, 9.17) is 4.74 Å². The molecule has 0 amide bonds. The van der Waals surface area contributed by atoms with Crippen LogP contribution >= 0.6 is 0 Å². The summed E-state index contributed by atoms with van der Waals surface area (Å²) < 4.78 is 32.1. The second-order valence-corrected chi connectivity index (χ2v) is 8.10. The van der Waals surface area contributed by atoms with Gasteiger partial charge < -0.3 is 9.64 Å². The number of rotatable bonds is 8. The van der Waals surface area contributed by atoms with E-state index in [-0.39, 0.29) is 16.6 Å². The lowest BCUT2D eigenvalue weighted by atomic mass is 10.2. The predicted octanol–water partition coefficient (Wildman–Crippen LogP) is 2.93. The quantitative estimate of drug-likeness (QED) is 0.546. The van der Waals surface area contributed by atoms with Crippen LogP contribution in [-0.2, 0) is 16.6 Å². The summed E-state index contributed by atoms with van der Waals surface area (Å²) in [5.74, 6) is 0.722. The molecule has 0 saturated carbocycles. The molecule has 8 nitrogen and oxygen atoms in total. The zero-order chi connectivity index (χ0) is 20.2. The Labute approximate surface area is 159 Å². The number of methoxy groups -OCH3 is 1. The Morgan fingerprint density at radius 2 is 1.81 bits per heavy atom. The Morgan fingerprint density at radius 1 is 1.19 bits per heavy atom. The summed E-state index contributed by atoms with van der Waals surface area (Å²) in [4.78, 5) is 12.5. The molecule has 0 heterocycles. The maximum atomic E-state index is 12.3. The number of benzene rings is 2. The summed E-state index contributed by atoms with van der Waals surface area (Å²) in [6, 6.07) is 11.0. The molecule has 0 atom stereocenters. The van der Waals surface area contributed by atoms with Crippen LogP contribution in [0.15, 0.2) is 47.4 Å². The second-order valence-electron chi connectivity index (χ2n) is 6.39. The summed E-state index contributed by atoms with van der Waals surface area (Å²) in [5, 5.41) is 11.5. The maximum absolute atomic E-state index is 12.3. The van der Waals surface area contributed by atoms with Gasteiger partial charge in [-0.25, -0.2) is 13.1 Å². The summed E-state index contributed by atoms with van der Waals surface area (Å²) in [7, 11) is -0.518. The fourth-order valence-corrected chi connectivity index (χ4v) is 3.88. The van der Waals surface area contributed by atoms with Gasteiger partial charge in [0.1, 0.15) is 11.4 Å². The van der Waals surface area contributed by atoms with Gasteiger partial charge in [0.2, 0.25) is 10.0 Å². The average molecular weight is 393 g/mol. The fraction of sp³-hybridized carbons (Fsp3) is 0.333. The van der Waals surface area contributed by atoms with Crippen molar-refractivity contribution in [2.75, 3.05) is 19.1 Å². The van der Waals surface area contributed by atoms with Gasteiger partial charge in [-0.1, -0.05) is 12.1 Å². The molecule has 2 rings (SSSR count). The lowest BCUT2D eigenvalue weighted by molar-refractivity contribution is -0.384. The first-order chi connectivity index (χ1) is 12.6. The largest absolute Gasteiger partial charge is 0.497 e. The van der Waals surface area contributed by atoms with Crippen LogP contribution in [0.2, 0.25) is 0 Å². The van der Waals surface area contributed by atoms with Crippen molar-refractivity contribution in [1.29, 1.82) is 0 Å². The lowest BCUT2D eigenvalue weighted by Gasteiger charge is -2.20. The number of hydrogen-bond donors (Lipinski definition) is 1. The van der Waals surface area contributed by atoms with Crippen LogP contribution in [0, 0.1) is 10.1 Å². The molecule has 9 heteroatoms. The molecule has 2 aromatic carbocycles. The average Bonchev–Trinajstić information content (AvgIpc) is 2.60. The molecule has 1 N–H and O–H groups in total. The highest BCUT2D eigenvalue weighted by Crippen LogP contribution is 2.31. The number of nitrogens with one attached hydrogen (secondary N) is 1. The maximum Gasteiger partial charge on any atom is 0.293 e. The first-order valence-electron chi connectivity index (χ1n) is 8.29. The first-order valence-corrected chi connectivity index (χ1v) is 9.77. The number of nitro benzene ring substituents is 1. The van der Waals surface area contributed by atoms with Gasteiger partial charge >= 0.3 is 0 Å². The molecule has 0 aliphatic rings. The van der Waals surface area contributed by atoms with Gasteiger partial charge in [0.25, 0.3) is 5.69 Å². The van der Waals surface area contributed by atoms with Crippen LogP contribution in [0.3, 0.4) is 0 Å². The Bertz CT molecular complexity index is 911. The molecule has 0 spiro atoms. The van der Waals surface area contributed by atoms with Crippen LogP contribution < -0.4 is 14.4 Å². The molecule has 0 fully saturated rings. The molecular formula is C18H23N3O5S. The van der Waals surface area contributed by atoms with E-state index in [0.29, 0.717) is 12.2 Å². The third-order valence-electron chi connectivity index (χ3n) is 3.83. The van der Waals surface area contributed by atoms with E-state index >= 15 is 0 Å². The predicted molar refractivity (Wildman–Crippen MR) is 104 cm³/mol. The Balaban J connectivity index is 2.33. The normalized spacial score (nSPS) is 11.4. The van der Waals surface area contributed by atoms with E-state index < -0.39 is 14.9 Å². The van der Waals surface area contributed by atoms with Crippen molar-refractivity contribution < 1.29 is 18.1 Å². The van der Waals surface area contributed by atoms with Gasteiger partial charge in [-0.2, -0.15) is 0 Å². The monoisotopic (exact) mass is 393 g/mol. The van der Waals surface area contributed by atoms with E-state index in [1.165, 1.54) is 12.1 Å². The minimum absolute atomic E-state index is 0.135. The lowest BCUT2D eigenvalue weighted by Crippen LogP contribution is -2.30. The number of nitro groups is 1. The molecule has 0 unspecified atom stereocenters. The minimum atomic E-state index is -3.81. The topological polar surface area (TPSA) is 102 Å². The van der Waals surface area contributed by atoms with Gasteiger partial charge in [0.05, 0.1) is 16.9 Å². The molecule has 0 aliphatic carbocycles. The summed E-state index contributed by atoms with van der Waals surface area (Å²) in [6.45, 7) is 3.78. The molecule has 0 aliphatic heterocycles. The van der Waals surface area contributed by atoms with Crippen LogP contribution in [0.25, 0.3) is 0 Å². The zero-order valence-electron chi connectivity index (χ0n) is 15.7. The van der Waals surface area contributed by atoms with Gasteiger partial charge in [0.15, 0.2) is 0 Å². The number of anilines is 1. The molecule has 0 aromatic heterocycles. The number of sulfonamides is 1. The number of hydrogen-bond acceptors (Lipinski definition) is 6. The fourth-order valence-electron chi connectivity index (χ4n) is 2.61. The molecule has 0 bridgehead atoms. The second kappa shape index (κ2) is 8.36. The number of ether oxygens (including phenoxy) is 1. The van der Waals surface area contributed by atoms with E-state index in [1.54, 1.807) is 32.9 Å². The van der Waals surface area contributed by atoms with Crippen molar-refractivity contribution in [2.45, 2.75) is 31.3 Å². The Hall–Kier alpha value is -2.65. The van der Waals surface area contributed by atoms with Gasteiger partial charge in [-0.3, -0.25) is 10.1 Å². The summed E-state index contributed by atoms with van der Waals surface area (Å²) in [5.41, 5.74) is 1.00. The smallest absolute Gasteiger partial charge is 0.293 e. The molecule has 2 aromatic rings. The highest BCUT2D eigenvalue weighted by molar-refractivity contribution is 7.89. The Morgan fingerprint density at radius 3 is 2.33 bits per heavy atom. The summed E-state index contributed by atoms with van der Waals surface area (Å²) >= 11 is 0. The SMILES string of the molecule is COc1ccc(CN(C)c2ccc(S(=O)(=O)NC(C)C)cc2[N+](=O)[O-])cc1. The molecule has 0 radical (unpaired) electrons. The van der Waals surface area contributed by atoms with Crippen LogP contribution in [-0.4, -0.2) is 33.5 Å². The van der Waals surface area contributed by atoms with Crippen molar-refractivity contribution in [1.82, 2.24) is 4.72 Å². The standard InChI is InChI=1S/C18H23N3O5S/c1-13(2)19-27(24,25)16-9-10-17(18(11-16)21(22)23)20(3)12-14-5-7-15(26-4)8-6-14/h5-11,13,19H,12H2,1-4H3. The van der Waals surface area contributed by atoms with Gasteiger partial charge in [0, 0.05) is 25.7 Å². The summed E-state index contributed by atoms with van der Waals surface area (Å²) in [6.07, 6.45) is 0. The van der Waals surface area contributed by atoms with Crippen molar-refractivity contribution in [3.8, 4) is 5.75 Å². The Kier molecular flexibility index (Phi) is 6.40. The number of nitrogens with zero attached hydrogens (tertiary/aromatic N) is 2. The highest BCUT2D eigenvalue weighted by Gasteiger charge is 2.23. The van der Waals surface area contributed by atoms with Crippen molar-refractivity contribution in [3.05, 3.63) is 58.1 Å². The van der Waals surface area contributed by atoms with E-state index in [2.05, 4.69) is 4.72 Å². The first kappa shape index (κ1) is 20.7. The molecule has 146 valence electrons. The molecule has 27 heavy (non-hydrogen) atoms.